The molecule has 1 unspecified atom stereocenters. The van der Waals surface area contributed by atoms with E-state index in [9.17, 15) is 9.90 Å². The van der Waals surface area contributed by atoms with Crippen molar-refractivity contribution < 1.29 is 23.9 Å². The Balaban J connectivity index is 2.11. The summed E-state index contributed by atoms with van der Waals surface area (Å²) in [6, 6.07) is 7.60. The molecule has 0 spiro atoms. The smallest absolute Gasteiger partial charge is 0.466 e. The normalized spacial score (nSPS) is 19.3. The molecule has 2 rings (SSSR count). The number of carboxylic acid groups (broad SMARTS) is 1. The van der Waals surface area contributed by atoms with E-state index in [4.69, 9.17) is 14.0 Å². The number of unbranched alkanes of at least 4 members (excludes halogenated alkanes) is 2. The third kappa shape index (κ3) is 5.01. The summed E-state index contributed by atoms with van der Waals surface area (Å²) in [4.78, 5) is 11.4. The lowest BCUT2D eigenvalue weighted by molar-refractivity contribution is -0.137. The van der Waals surface area contributed by atoms with Crippen LogP contribution in [0, 0.1) is 0 Å². The van der Waals surface area contributed by atoms with Crippen LogP contribution < -0.4 is 4.74 Å². The summed E-state index contributed by atoms with van der Waals surface area (Å²) in [5.41, 5.74) is -0.0974. The van der Waals surface area contributed by atoms with E-state index >= 15 is 0 Å². The number of hydrogen-bond donors (Lipinski definition) is 1. The third-order valence-electron chi connectivity index (χ3n) is 5.32. The largest absolute Gasteiger partial charge is 0.494 e. The molecule has 1 aromatic rings. The predicted octanol–water partition coefficient (Wildman–Crippen LogP) is 4.45. The molecule has 1 aliphatic rings. The fourth-order valence-corrected chi connectivity index (χ4v) is 2.97. The standard InChI is InChI=1S/C20H31BO5/c1-6-7-8-13-24-16-11-9-15(10-12-16)17(14-18(22)23)21-25-19(2,3)20(4,5)26-21/h9-12,17H,6-8,13-14H2,1-5H3,(H,22,23). The lowest BCUT2D eigenvalue weighted by Crippen LogP contribution is -2.41. The number of benzene rings is 1. The van der Waals surface area contributed by atoms with Gasteiger partial charge >= 0.3 is 13.1 Å². The van der Waals surface area contributed by atoms with Crippen LogP contribution in [0.3, 0.4) is 0 Å². The van der Waals surface area contributed by atoms with Crippen molar-refractivity contribution in [3.63, 3.8) is 0 Å². The lowest BCUT2D eigenvalue weighted by Gasteiger charge is -2.32. The predicted molar refractivity (Wildman–Crippen MR) is 103 cm³/mol. The molecule has 0 saturated carbocycles. The minimum atomic E-state index is -0.871. The molecule has 0 amide bonds. The molecule has 0 aliphatic carbocycles. The van der Waals surface area contributed by atoms with Gasteiger partial charge < -0.3 is 19.2 Å². The van der Waals surface area contributed by atoms with E-state index < -0.39 is 24.3 Å². The zero-order chi connectivity index (χ0) is 19.4. The van der Waals surface area contributed by atoms with Gasteiger partial charge in [0, 0.05) is 5.82 Å². The van der Waals surface area contributed by atoms with Crippen molar-refractivity contribution in [2.24, 2.45) is 0 Å². The van der Waals surface area contributed by atoms with Gasteiger partial charge in [-0.05, 0) is 51.8 Å². The molecule has 6 heteroatoms. The van der Waals surface area contributed by atoms with Gasteiger partial charge in [-0.15, -0.1) is 0 Å². The van der Waals surface area contributed by atoms with Crippen molar-refractivity contribution in [2.45, 2.75) is 77.3 Å². The summed E-state index contributed by atoms with van der Waals surface area (Å²) in [5, 5.41) is 9.35. The van der Waals surface area contributed by atoms with Crippen molar-refractivity contribution >= 4 is 13.1 Å². The molecule has 1 heterocycles. The third-order valence-corrected chi connectivity index (χ3v) is 5.32. The van der Waals surface area contributed by atoms with Crippen LogP contribution >= 0.6 is 0 Å². The van der Waals surface area contributed by atoms with Crippen molar-refractivity contribution in [3.8, 4) is 5.75 Å². The molecule has 144 valence electrons. The van der Waals surface area contributed by atoms with E-state index in [1.165, 1.54) is 0 Å². The second-order valence-corrected chi connectivity index (χ2v) is 7.95. The second-order valence-electron chi connectivity index (χ2n) is 7.95. The Morgan fingerprint density at radius 1 is 1.12 bits per heavy atom. The van der Waals surface area contributed by atoms with Crippen LogP contribution in [0.1, 0.15) is 71.7 Å². The number of aliphatic carboxylic acids is 1. The lowest BCUT2D eigenvalue weighted by atomic mass is 9.66. The SMILES string of the molecule is CCCCCOc1ccc(C(CC(=O)O)B2OC(C)(C)C(C)(C)O2)cc1. The number of ether oxygens (including phenoxy) is 1. The molecule has 26 heavy (non-hydrogen) atoms. The van der Waals surface area contributed by atoms with E-state index in [1.807, 2.05) is 52.0 Å². The Morgan fingerprint density at radius 2 is 1.69 bits per heavy atom. The summed E-state index contributed by atoms with van der Waals surface area (Å²) in [6.45, 7) is 10.7. The van der Waals surface area contributed by atoms with Crippen LogP contribution in [0.5, 0.6) is 5.75 Å². The van der Waals surface area contributed by atoms with Crippen LogP contribution in [0.25, 0.3) is 0 Å². The van der Waals surface area contributed by atoms with Crippen LogP contribution in [0.2, 0.25) is 0 Å². The maximum Gasteiger partial charge on any atom is 0.466 e. The Bertz CT molecular complexity index is 581. The quantitative estimate of drug-likeness (QED) is 0.520. The summed E-state index contributed by atoms with van der Waals surface area (Å²) in [6.07, 6.45) is 3.30. The number of hydrogen-bond acceptors (Lipinski definition) is 4. The van der Waals surface area contributed by atoms with Crippen molar-refractivity contribution in [2.75, 3.05) is 6.61 Å². The maximum atomic E-state index is 11.4. The molecule has 1 N–H and O–H groups in total. The van der Waals surface area contributed by atoms with Crippen molar-refractivity contribution in [1.29, 1.82) is 0 Å². The highest BCUT2D eigenvalue weighted by Gasteiger charge is 2.54. The molecule has 0 radical (unpaired) electrons. The van der Waals surface area contributed by atoms with Gasteiger partial charge in [0.2, 0.25) is 0 Å². The topological polar surface area (TPSA) is 65.0 Å². The zero-order valence-electron chi connectivity index (χ0n) is 16.6. The molecule has 1 fully saturated rings. The fourth-order valence-electron chi connectivity index (χ4n) is 2.97. The average Bonchev–Trinajstić information content (AvgIpc) is 2.77. The van der Waals surface area contributed by atoms with E-state index in [0.717, 1.165) is 30.6 Å². The highest BCUT2D eigenvalue weighted by atomic mass is 16.7. The number of carboxylic acids is 1. The Labute approximate surface area is 157 Å². The minimum Gasteiger partial charge on any atom is -0.494 e. The Hall–Kier alpha value is -1.53. The van der Waals surface area contributed by atoms with Gasteiger partial charge in [-0.25, -0.2) is 0 Å². The van der Waals surface area contributed by atoms with Crippen LogP contribution in [-0.2, 0) is 14.1 Å². The molecular weight excluding hydrogens is 331 g/mol. The molecule has 1 atom stereocenters. The van der Waals surface area contributed by atoms with Crippen molar-refractivity contribution in [3.05, 3.63) is 29.8 Å². The zero-order valence-corrected chi connectivity index (χ0v) is 16.6. The van der Waals surface area contributed by atoms with E-state index in [-0.39, 0.29) is 12.2 Å². The first-order valence-electron chi connectivity index (χ1n) is 9.46. The van der Waals surface area contributed by atoms with Gasteiger partial charge in [-0.3, -0.25) is 4.79 Å². The number of carbonyl (C=O) groups is 1. The monoisotopic (exact) mass is 362 g/mol. The second kappa shape index (κ2) is 8.44. The molecule has 1 aliphatic heterocycles. The fraction of sp³-hybridized carbons (Fsp3) is 0.650. The van der Waals surface area contributed by atoms with Gasteiger partial charge in [0.1, 0.15) is 5.75 Å². The molecular formula is C20H31BO5. The summed E-state index contributed by atoms with van der Waals surface area (Å²) in [5.74, 6) is -0.444. The first-order chi connectivity index (χ1) is 12.2. The summed E-state index contributed by atoms with van der Waals surface area (Å²) in [7, 11) is -0.590. The number of rotatable bonds is 9. The van der Waals surface area contributed by atoms with Crippen molar-refractivity contribution in [1.82, 2.24) is 0 Å². The summed E-state index contributed by atoms with van der Waals surface area (Å²) < 4.78 is 17.9. The maximum absolute atomic E-state index is 11.4. The van der Waals surface area contributed by atoms with E-state index in [1.54, 1.807) is 0 Å². The average molecular weight is 362 g/mol. The van der Waals surface area contributed by atoms with Gasteiger partial charge in [0.15, 0.2) is 0 Å². The first-order valence-corrected chi connectivity index (χ1v) is 9.46. The molecule has 1 aromatic carbocycles. The van der Waals surface area contributed by atoms with Crippen LogP contribution in [-0.4, -0.2) is 36.0 Å². The summed E-state index contributed by atoms with van der Waals surface area (Å²) >= 11 is 0. The van der Waals surface area contributed by atoms with Crippen LogP contribution in [0.15, 0.2) is 24.3 Å². The van der Waals surface area contributed by atoms with Crippen LogP contribution in [0.4, 0.5) is 0 Å². The molecule has 5 nitrogen and oxygen atoms in total. The highest BCUT2D eigenvalue weighted by molar-refractivity contribution is 6.48. The Morgan fingerprint density at radius 3 is 2.19 bits per heavy atom. The Kier molecular flexibility index (Phi) is 6.75. The molecule has 1 saturated heterocycles. The first kappa shape index (κ1) is 20.8. The van der Waals surface area contributed by atoms with E-state index in [2.05, 4.69) is 6.92 Å². The van der Waals surface area contributed by atoms with Gasteiger partial charge in [-0.2, -0.15) is 0 Å². The van der Waals surface area contributed by atoms with Gasteiger partial charge in [0.25, 0.3) is 0 Å². The van der Waals surface area contributed by atoms with Gasteiger partial charge in [-0.1, -0.05) is 31.9 Å². The molecule has 0 bridgehead atoms. The molecule has 0 aromatic heterocycles. The minimum absolute atomic E-state index is 0.0481. The highest BCUT2D eigenvalue weighted by Crippen LogP contribution is 2.41. The van der Waals surface area contributed by atoms with Gasteiger partial charge in [0.05, 0.1) is 24.2 Å². The van der Waals surface area contributed by atoms with E-state index in [0.29, 0.717) is 6.61 Å².